The summed E-state index contributed by atoms with van der Waals surface area (Å²) in [6, 6.07) is 7.99. The summed E-state index contributed by atoms with van der Waals surface area (Å²) in [7, 11) is 0. The molecule has 0 radical (unpaired) electrons. The first kappa shape index (κ1) is 23.9. The number of hydrogen-bond donors (Lipinski definition) is 0. The van der Waals surface area contributed by atoms with E-state index in [1.165, 1.54) is 68.5 Å². The molecule has 0 aliphatic heterocycles. The van der Waals surface area contributed by atoms with Crippen LogP contribution in [-0.2, 0) is 0 Å². The van der Waals surface area contributed by atoms with Crippen LogP contribution < -0.4 is 9.47 Å². The fourth-order valence-corrected chi connectivity index (χ4v) is 5.77. The van der Waals surface area contributed by atoms with E-state index < -0.39 is 18.2 Å². The summed E-state index contributed by atoms with van der Waals surface area (Å²) in [5.74, 6) is 1.12. The van der Waals surface area contributed by atoms with Crippen molar-refractivity contribution in [2.45, 2.75) is 77.2 Å². The molecule has 0 spiro atoms. The van der Waals surface area contributed by atoms with Gasteiger partial charge in [0.15, 0.2) is 11.6 Å². The van der Waals surface area contributed by atoms with Crippen LogP contribution in [0.4, 0.5) is 17.6 Å². The Morgan fingerprint density at radius 3 is 1.94 bits per heavy atom. The SMILES string of the molecule is CCC1CCC(C2CCC(c3c(F)ccc(Oc4ccc(OC(F)F)cc4)c3F)CC2)CC1. The van der Waals surface area contributed by atoms with Gasteiger partial charge in [0.05, 0.1) is 0 Å². The predicted molar refractivity (Wildman–Crippen MR) is 120 cm³/mol. The van der Waals surface area contributed by atoms with Gasteiger partial charge in [-0.3, -0.25) is 0 Å². The molecule has 0 aromatic heterocycles. The minimum absolute atomic E-state index is 0.0162. The van der Waals surface area contributed by atoms with Gasteiger partial charge in [0.2, 0.25) is 0 Å². The highest BCUT2D eigenvalue weighted by molar-refractivity contribution is 5.39. The zero-order chi connectivity index (χ0) is 23.4. The molecule has 2 aromatic rings. The van der Waals surface area contributed by atoms with E-state index in [2.05, 4.69) is 11.7 Å². The Kier molecular flexibility index (Phi) is 7.82. The maximum Gasteiger partial charge on any atom is 0.387 e. The fraction of sp³-hybridized carbons (Fsp3) is 0.556. The van der Waals surface area contributed by atoms with Crippen molar-refractivity contribution < 1.29 is 27.0 Å². The third kappa shape index (κ3) is 5.82. The minimum Gasteiger partial charge on any atom is -0.454 e. The Morgan fingerprint density at radius 1 is 0.788 bits per heavy atom. The average Bonchev–Trinajstić information content (AvgIpc) is 2.82. The number of alkyl halides is 2. The van der Waals surface area contributed by atoms with Gasteiger partial charge in [-0.15, -0.1) is 0 Å². The summed E-state index contributed by atoms with van der Waals surface area (Å²) < 4.78 is 64.5. The molecule has 6 heteroatoms. The van der Waals surface area contributed by atoms with E-state index in [9.17, 15) is 13.2 Å². The highest BCUT2D eigenvalue weighted by Crippen LogP contribution is 2.46. The Labute approximate surface area is 193 Å². The second-order valence-electron chi connectivity index (χ2n) is 9.53. The molecule has 0 N–H and O–H groups in total. The maximum atomic E-state index is 15.3. The number of ether oxygens (including phenoxy) is 2. The first-order chi connectivity index (χ1) is 15.9. The van der Waals surface area contributed by atoms with Crippen LogP contribution in [-0.4, -0.2) is 6.61 Å². The second-order valence-corrected chi connectivity index (χ2v) is 9.53. The molecular formula is C27H32F4O2. The molecule has 2 nitrogen and oxygen atoms in total. The number of hydrogen-bond acceptors (Lipinski definition) is 2. The normalized spacial score (nSPS) is 25.8. The van der Waals surface area contributed by atoms with Crippen LogP contribution in [0, 0.1) is 29.4 Å². The van der Waals surface area contributed by atoms with Crippen molar-refractivity contribution in [3.63, 3.8) is 0 Å². The van der Waals surface area contributed by atoms with E-state index in [-0.39, 0.29) is 28.7 Å². The van der Waals surface area contributed by atoms with Crippen LogP contribution in [0.25, 0.3) is 0 Å². The Bertz CT molecular complexity index is 899. The zero-order valence-corrected chi connectivity index (χ0v) is 19.0. The number of halogens is 4. The lowest BCUT2D eigenvalue weighted by molar-refractivity contribution is -0.0498. The van der Waals surface area contributed by atoms with Gasteiger partial charge in [-0.2, -0.15) is 8.78 Å². The van der Waals surface area contributed by atoms with Gasteiger partial charge in [-0.25, -0.2) is 8.78 Å². The van der Waals surface area contributed by atoms with Crippen molar-refractivity contribution >= 4 is 0 Å². The van der Waals surface area contributed by atoms with Crippen molar-refractivity contribution in [2.75, 3.05) is 0 Å². The van der Waals surface area contributed by atoms with Crippen molar-refractivity contribution in [3.8, 4) is 17.2 Å². The molecule has 33 heavy (non-hydrogen) atoms. The van der Waals surface area contributed by atoms with Gasteiger partial charge in [0, 0.05) is 5.56 Å². The maximum absolute atomic E-state index is 15.3. The standard InChI is InChI=1S/C27H32F4O2/c1-2-17-3-5-18(6-4-17)19-7-9-20(10-8-19)25-23(28)15-16-24(26(25)29)32-21-11-13-22(14-12-21)33-27(30)31/h11-20,27H,2-10H2,1H3. The summed E-state index contributed by atoms with van der Waals surface area (Å²) >= 11 is 0. The van der Waals surface area contributed by atoms with Gasteiger partial charge >= 0.3 is 6.61 Å². The quantitative estimate of drug-likeness (QED) is 0.381. The monoisotopic (exact) mass is 464 g/mol. The highest BCUT2D eigenvalue weighted by atomic mass is 19.3. The van der Waals surface area contributed by atoms with Crippen molar-refractivity contribution in [1.29, 1.82) is 0 Å². The third-order valence-corrected chi connectivity index (χ3v) is 7.68. The molecule has 2 aliphatic rings. The van der Waals surface area contributed by atoms with E-state index in [0.29, 0.717) is 5.92 Å². The molecule has 0 atom stereocenters. The van der Waals surface area contributed by atoms with Crippen molar-refractivity contribution in [3.05, 3.63) is 53.6 Å². The van der Waals surface area contributed by atoms with Crippen LogP contribution in [0.1, 0.15) is 76.2 Å². The Balaban J connectivity index is 1.40. The summed E-state index contributed by atoms with van der Waals surface area (Å²) in [6.45, 7) is -0.649. The molecule has 180 valence electrons. The predicted octanol–water partition coefficient (Wildman–Crippen LogP) is 8.85. The molecule has 0 amide bonds. The zero-order valence-electron chi connectivity index (χ0n) is 19.0. The van der Waals surface area contributed by atoms with Crippen LogP contribution in [0.5, 0.6) is 17.2 Å². The summed E-state index contributed by atoms with van der Waals surface area (Å²) in [4.78, 5) is 0. The van der Waals surface area contributed by atoms with E-state index in [1.54, 1.807) is 0 Å². The molecule has 0 saturated heterocycles. The Morgan fingerprint density at radius 2 is 1.36 bits per heavy atom. The number of benzene rings is 2. The van der Waals surface area contributed by atoms with Crippen molar-refractivity contribution in [1.82, 2.24) is 0 Å². The van der Waals surface area contributed by atoms with Gasteiger partial charge in [0.25, 0.3) is 0 Å². The third-order valence-electron chi connectivity index (χ3n) is 7.68. The van der Waals surface area contributed by atoms with E-state index in [4.69, 9.17) is 4.74 Å². The molecule has 0 bridgehead atoms. The van der Waals surface area contributed by atoms with Crippen LogP contribution in [0.2, 0.25) is 0 Å². The molecule has 4 rings (SSSR count). The van der Waals surface area contributed by atoms with Gasteiger partial charge in [-0.1, -0.05) is 26.2 Å². The van der Waals surface area contributed by atoms with Crippen molar-refractivity contribution in [2.24, 2.45) is 17.8 Å². The molecule has 2 fully saturated rings. The second kappa shape index (κ2) is 10.8. The van der Waals surface area contributed by atoms with Crippen LogP contribution >= 0.6 is 0 Å². The van der Waals surface area contributed by atoms with Gasteiger partial charge in [0.1, 0.15) is 17.3 Å². The first-order valence-electron chi connectivity index (χ1n) is 12.1. The average molecular weight is 465 g/mol. The summed E-state index contributed by atoms with van der Waals surface area (Å²) in [5.41, 5.74) is 0.110. The van der Waals surface area contributed by atoms with Crippen LogP contribution in [0.3, 0.4) is 0 Å². The molecule has 0 unspecified atom stereocenters. The molecule has 2 saturated carbocycles. The largest absolute Gasteiger partial charge is 0.454 e. The molecule has 2 aliphatic carbocycles. The fourth-order valence-electron chi connectivity index (χ4n) is 5.77. The summed E-state index contributed by atoms with van der Waals surface area (Å²) in [6.07, 6.45) is 10.1. The topological polar surface area (TPSA) is 18.5 Å². The molecule has 0 heterocycles. The summed E-state index contributed by atoms with van der Waals surface area (Å²) in [5, 5.41) is 0. The first-order valence-corrected chi connectivity index (χ1v) is 12.1. The lowest BCUT2D eigenvalue weighted by atomic mass is 9.68. The minimum atomic E-state index is -2.92. The molecule has 2 aromatic carbocycles. The van der Waals surface area contributed by atoms with E-state index in [1.807, 2.05) is 0 Å². The highest BCUT2D eigenvalue weighted by Gasteiger charge is 2.33. The lowest BCUT2D eigenvalue weighted by Gasteiger charge is -2.38. The smallest absolute Gasteiger partial charge is 0.387 e. The van der Waals surface area contributed by atoms with Gasteiger partial charge < -0.3 is 9.47 Å². The van der Waals surface area contributed by atoms with Crippen LogP contribution in [0.15, 0.2) is 36.4 Å². The lowest BCUT2D eigenvalue weighted by Crippen LogP contribution is -2.25. The van der Waals surface area contributed by atoms with E-state index in [0.717, 1.165) is 37.5 Å². The molecular weight excluding hydrogens is 432 g/mol. The van der Waals surface area contributed by atoms with E-state index >= 15 is 4.39 Å². The Hall–Kier alpha value is -2.24. The number of rotatable bonds is 7. The van der Waals surface area contributed by atoms with Gasteiger partial charge in [-0.05, 0) is 98.6 Å².